The zero-order chi connectivity index (χ0) is 22.0. The van der Waals surface area contributed by atoms with Gasteiger partial charge in [0.05, 0.1) is 9.92 Å². The summed E-state index contributed by atoms with van der Waals surface area (Å²) in [7, 11) is -2.32. The van der Waals surface area contributed by atoms with Crippen LogP contribution >= 0.6 is 11.6 Å². The summed E-state index contributed by atoms with van der Waals surface area (Å²) in [6.45, 7) is 0.480. The van der Waals surface area contributed by atoms with Gasteiger partial charge in [-0.25, -0.2) is 8.42 Å². The third kappa shape index (κ3) is 4.29. The van der Waals surface area contributed by atoms with Gasteiger partial charge in [0, 0.05) is 49.4 Å². The number of sulfonamides is 1. The zero-order valence-electron chi connectivity index (χ0n) is 16.9. The topological polar surface area (TPSA) is 88.6 Å². The summed E-state index contributed by atoms with van der Waals surface area (Å²) in [6.07, 6.45) is 2.78. The molecule has 3 aromatic rings. The van der Waals surface area contributed by atoms with Crippen molar-refractivity contribution in [1.29, 1.82) is 0 Å². The van der Waals surface area contributed by atoms with Gasteiger partial charge in [-0.1, -0.05) is 54.1 Å². The molecule has 1 unspecified atom stereocenters. The minimum Gasteiger partial charge on any atom is -0.367 e. The average Bonchev–Trinajstić information content (AvgIpc) is 3.24. The number of nitrogens with one attached hydrogen (secondary N) is 1. The van der Waals surface area contributed by atoms with E-state index >= 15 is 0 Å². The van der Waals surface area contributed by atoms with E-state index in [2.05, 4.69) is 10.3 Å². The van der Waals surface area contributed by atoms with Crippen molar-refractivity contribution in [1.82, 2.24) is 14.6 Å². The Bertz CT molecular complexity index is 1200. The Morgan fingerprint density at radius 3 is 2.71 bits per heavy atom. The maximum absolute atomic E-state index is 13.4. The first kappa shape index (κ1) is 21.7. The van der Waals surface area contributed by atoms with E-state index in [-0.39, 0.29) is 28.4 Å². The minimum atomic E-state index is -3.80. The number of nitrogens with zero attached hydrogens (tertiary/aromatic N) is 2. The lowest BCUT2D eigenvalue weighted by molar-refractivity contribution is -0.132. The number of carbonyl (C=O) groups excluding carboxylic acids is 1. The Morgan fingerprint density at radius 1 is 1.19 bits per heavy atom. The highest BCUT2D eigenvalue weighted by atomic mass is 35.5. The van der Waals surface area contributed by atoms with Crippen LogP contribution in [0.4, 0.5) is 0 Å². The molecule has 0 bridgehead atoms. The van der Waals surface area contributed by atoms with Crippen LogP contribution in [-0.2, 0) is 19.6 Å². The van der Waals surface area contributed by atoms with Gasteiger partial charge in [0.25, 0.3) is 5.91 Å². The second kappa shape index (κ2) is 8.92. The number of fused-ring (bicyclic) bond motifs is 1. The first-order valence-electron chi connectivity index (χ1n) is 9.82. The number of methoxy groups -OCH3 is 1. The minimum absolute atomic E-state index is 0.142. The highest BCUT2D eigenvalue weighted by molar-refractivity contribution is 7.89. The quantitative estimate of drug-likeness (QED) is 0.611. The van der Waals surface area contributed by atoms with Crippen molar-refractivity contribution in [2.45, 2.75) is 23.5 Å². The fourth-order valence-corrected chi connectivity index (χ4v) is 5.94. The number of hydrogen-bond acceptors (Lipinski definition) is 5. The summed E-state index contributed by atoms with van der Waals surface area (Å²) in [6, 6.07) is 13.9. The molecule has 4 rings (SSSR count). The molecule has 1 fully saturated rings. The van der Waals surface area contributed by atoms with Crippen LogP contribution in [-0.4, -0.2) is 49.9 Å². The Hall–Kier alpha value is -2.52. The van der Waals surface area contributed by atoms with Gasteiger partial charge in [0.15, 0.2) is 6.10 Å². The molecule has 2 atom stereocenters. The maximum atomic E-state index is 13.4. The van der Waals surface area contributed by atoms with Gasteiger partial charge in [0.2, 0.25) is 10.0 Å². The van der Waals surface area contributed by atoms with Crippen LogP contribution in [0.1, 0.15) is 18.1 Å². The summed E-state index contributed by atoms with van der Waals surface area (Å²) in [5.74, 6) is -0.294. The van der Waals surface area contributed by atoms with Crippen LogP contribution in [0, 0.1) is 0 Å². The number of carbonyl (C=O) groups is 1. The Balaban J connectivity index is 1.52. The molecular weight excluding hydrogens is 438 g/mol. The van der Waals surface area contributed by atoms with E-state index < -0.39 is 16.1 Å². The van der Waals surface area contributed by atoms with E-state index in [1.165, 1.54) is 17.6 Å². The highest BCUT2D eigenvalue weighted by Gasteiger charge is 2.35. The molecule has 1 saturated heterocycles. The summed E-state index contributed by atoms with van der Waals surface area (Å²) in [4.78, 5) is 16.9. The number of amides is 1. The highest BCUT2D eigenvalue weighted by Crippen LogP contribution is 2.32. The van der Waals surface area contributed by atoms with Crippen LogP contribution in [0.3, 0.4) is 0 Å². The molecule has 7 nitrogen and oxygen atoms in total. The molecule has 9 heteroatoms. The SMILES string of the molecule is CO[C@H](C(=O)NC1CCN(S(=O)(=O)c2cccc3cncc(Cl)c23)C1)c1ccccc1. The van der Waals surface area contributed by atoms with Crippen molar-refractivity contribution >= 4 is 38.3 Å². The summed E-state index contributed by atoms with van der Waals surface area (Å²) < 4.78 is 33.5. The number of halogens is 1. The van der Waals surface area contributed by atoms with E-state index in [9.17, 15) is 13.2 Å². The van der Waals surface area contributed by atoms with E-state index in [0.29, 0.717) is 23.7 Å². The van der Waals surface area contributed by atoms with Crippen LogP contribution in [0.25, 0.3) is 10.8 Å². The van der Waals surface area contributed by atoms with Crippen LogP contribution in [0.5, 0.6) is 0 Å². The van der Waals surface area contributed by atoms with Crippen molar-refractivity contribution in [2.75, 3.05) is 20.2 Å². The number of hydrogen-bond donors (Lipinski definition) is 1. The Labute approximate surface area is 186 Å². The number of aromatic nitrogens is 1. The lowest BCUT2D eigenvalue weighted by atomic mass is 10.1. The second-order valence-corrected chi connectivity index (χ2v) is 9.67. The van der Waals surface area contributed by atoms with Gasteiger partial charge in [-0.3, -0.25) is 9.78 Å². The third-order valence-electron chi connectivity index (χ3n) is 5.39. The number of ether oxygens (including phenoxy) is 1. The van der Waals surface area contributed by atoms with Gasteiger partial charge in [-0.05, 0) is 18.1 Å². The molecule has 1 amide bonds. The lowest BCUT2D eigenvalue weighted by Crippen LogP contribution is -2.41. The number of rotatable bonds is 6. The van der Waals surface area contributed by atoms with E-state index in [0.717, 1.165) is 5.56 Å². The fourth-order valence-electron chi connectivity index (χ4n) is 3.88. The van der Waals surface area contributed by atoms with Gasteiger partial charge in [0.1, 0.15) is 0 Å². The van der Waals surface area contributed by atoms with Crippen molar-refractivity contribution in [3.8, 4) is 0 Å². The van der Waals surface area contributed by atoms with Crippen molar-refractivity contribution in [3.05, 3.63) is 71.5 Å². The first-order chi connectivity index (χ1) is 14.9. The predicted octanol–water partition coefficient (Wildman–Crippen LogP) is 3.16. The second-order valence-electron chi connectivity index (χ2n) is 7.36. The number of benzene rings is 2. The van der Waals surface area contributed by atoms with Crippen LogP contribution < -0.4 is 5.32 Å². The molecule has 0 radical (unpaired) electrons. The number of pyridine rings is 1. The standard InChI is InChI=1S/C22H22ClN3O4S/c1-30-21(15-6-3-2-4-7-15)22(27)25-17-10-11-26(14-17)31(28,29)19-9-5-8-16-12-24-13-18(23)20(16)19/h2-9,12-13,17,21H,10-11,14H2,1H3,(H,25,27)/t17?,21-/m0/s1. The fraction of sp³-hybridized carbons (Fsp3) is 0.273. The van der Waals surface area contributed by atoms with Crippen LogP contribution in [0.2, 0.25) is 5.02 Å². The molecule has 0 aliphatic carbocycles. The molecule has 2 heterocycles. The molecule has 1 aliphatic heterocycles. The normalized spacial score (nSPS) is 18.2. The van der Waals surface area contributed by atoms with Crippen molar-refractivity contribution in [3.63, 3.8) is 0 Å². The molecule has 162 valence electrons. The summed E-state index contributed by atoms with van der Waals surface area (Å²) in [5, 5.41) is 4.32. The smallest absolute Gasteiger partial charge is 0.254 e. The van der Waals surface area contributed by atoms with E-state index in [1.54, 1.807) is 24.4 Å². The lowest BCUT2D eigenvalue weighted by Gasteiger charge is -2.20. The molecule has 1 N–H and O–H groups in total. The van der Waals surface area contributed by atoms with E-state index in [4.69, 9.17) is 16.3 Å². The third-order valence-corrected chi connectivity index (χ3v) is 7.58. The monoisotopic (exact) mass is 459 g/mol. The maximum Gasteiger partial charge on any atom is 0.254 e. The molecular formula is C22H22ClN3O4S. The summed E-state index contributed by atoms with van der Waals surface area (Å²) in [5.41, 5.74) is 0.740. The van der Waals surface area contributed by atoms with Crippen LogP contribution in [0.15, 0.2) is 65.8 Å². The van der Waals surface area contributed by atoms with Gasteiger partial charge < -0.3 is 10.1 Å². The Kier molecular flexibility index (Phi) is 6.24. The molecule has 1 aromatic heterocycles. The largest absolute Gasteiger partial charge is 0.367 e. The van der Waals surface area contributed by atoms with Gasteiger partial charge >= 0.3 is 0 Å². The Morgan fingerprint density at radius 2 is 1.97 bits per heavy atom. The molecule has 0 saturated carbocycles. The average molecular weight is 460 g/mol. The molecule has 2 aromatic carbocycles. The molecule has 0 spiro atoms. The molecule has 1 aliphatic rings. The van der Waals surface area contributed by atoms with Gasteiger partial charge in [-0.2, -0.15) is 4.31 Å². The molecule has 31 heavy (non-hydrogen) atoms. The van der Waals surface area contributed by atoms with Crippen molar-refractivity contribution in [2.24, 2.45) is 0 Å². The predicted molar refractivity (Wildman–Crippen MR) is 118 cm³/mol. The van der Waals surface area contributed by atoms with Gasteiger partial charge in [-0.15, -0.1) is 0 Å². The summed E-state index contributed by atoms with van der Waals surface area (Å²) >= 11 is 6.27. The first-order valence-corrected chi connectivity index (χ1v) is 11.6. The van der Waals surface area contributed by atoms with Crippen molar-refractivity contribution < 1.29 is 17.9 Å². The zero-order valence-corrected chi connectivity index (χ0v) is 18.4. The van der Waals surface area contributed by atoms with E-state index in [1.807, 2.05) is 30.3 Å².